The van der Waals surface area contributed by atoms with Crippen molar-refractivity contribution < 1.29 is 0 Å². The van der Waals surface area contributed by atoms with E-state index in [2.05, 4.69) is 19.6 Å². The highest BCUT2D eigenvalue weighted by Gasteiger charge is 2.06. The lowest BCUT2D eigenvalue weighted by Crippen LogP contribution is -1.99. The molecule has 0 aromatic heterocycles. The van der Waals surface area contributed by atoms with Gasteiger partial charge < -0.3 is 5.73 Å². The summed E-state index contributed by atoms with van der Waals surface area (Å²) in [5.74, 6) is 2.07. The van der Waals surface area contributed by atoms with Crippen molar-refractivity contribution >= 4 is 0 Å². The van der Waals surface area contributed by atoms with Crippen LogP contribution in [0.25, 0.3) is 0 Å². The first kappa shape index (κ1) is 20.3. The predicted molar refractivity (Wildman–Crippen MR) is 86.0 cm³/mol. The summed E-state index contributed by atoms with van der Waals surface area (Å²) in [5, 5.41) is 0. The zero-order chi connectivity index (χ0) is 14.2. The Morgan fingerprint density at radius 2 is 0.778 bits per heavy atom. The molecule has 0 aliphatic heterocycles. The average molecular weight is 258 g/mol. The lowest BCUT2D eigenvalue weighted by Gasteiger charge is -2.15. The van der Waals surface area contributed by atoms with Crippen molar-refractivity contribution in [3.05, 3.63) is 0 Å². The number of rotatable bonds is 0. The molecule has 1 nitrogen and oxygen atoms in total. The van der Waals surface area contributed by atoms with Gasteiger partial charge >= 0.3 is 0 Å². The molecule has 2 rings (SSSR count). The molecule has 0 saturated heterocycles. The Morgan fingerprint density at radius 1 is 0.556 bits per heavy atom. The Kier molecular flexibility index (Phi) is 19.1. The van der Waals surface area contributed by atoms with Crippen LogP contribution < -0.4 is 5.73 Å². The van der Waals surface area contributed by atoms with Crippen LogP contribution in [-0.4, -0.2) is 7.05 Å². The number of nitrogens with two attached hydrogens (primary N) is 1. The molecule has 0 unspecified atom stereocenters. The summed E-state index contributed by atoms with van der Waals surface area (Å²) < 4.78 is 0. The normalized spacial score (nSPS) is 20.3. The Hall–Kier alpha value is -0.0400. The minimum Gasteiger partial charge on any atom is -0.333 e. The highest BCUT2D eigenvalue weighted by atomic mass is 14.4. The molecule has 0 amide bonds. The predicted octanol–water partition coefficient (Wildman–Crippen LogP) is 5.77. The van der Waals surface area contributed by atoms with E-state index < -0.39 is 0 Å². The Balaban J connectivity index is 0. The van der Waals surface area contributed by atoms with E-state index in [0.717, 1.165) is 11.8 Å². The molecule has 0 atom stereocenters. The molecule has 18 heavy (non-hydrogen) atoms. The van der Waals surface area contributed by atoms with Crippen LogP contribution in [-0.2, 0) is 0 Å². The molecule has 0 bridgehead atoms. The zero-order valence-electron chi connectivity index (χ0n) is 13.8. The second-order valence-corrected chi connectivity index (χ2v) is 5.49. The Bertz CT molecular complexity index is 106. The van der Waals surface area contributed by atoms with E-state index in [-0.39, 0.29) is 0 Å². The van der Waals surface area contributed by atoms with Gasteiger partial charge in [-0.15, -0.1) is 0 Å². The van der Waals surface area contributed by atoms with Gasteiger partial charge in [-0.2, -0.15) is 0 Å². The summed E-state index contributed by atoms with van der Waals surface area (Å²) in [6.07, 6.45) is 14.9. The van der Waals surface area contributed by atoms with Gasteiger partial charge in [0.1, 0.15) is 0 Å². The summed E-state index contributed by atoms with van der Waals surface area (Å²) in [5.41, 5.74) is 4.50. The summed E-state index contributed by atoms with van der Waals surface area (Å²) >= 11 is 0. The molecule has 2 N–H and O–H groups in total. The first-order valence-corrected chi connectivity index (χ1v) is 8.37. The van der Waals surface area contributed by atoms with E-state index in [1.165, 1.54) is 71.3 Å². The monoisotopic (exact) mass is 257 g/mol. The summed E-state index contributed by atoms with van der Waals surface area (Å²) in [7, 11) is 1.50. The summed E-state index contributed by atoms with van der Waals surface area (Å²) in [6.45, 7) is 8.72. The minimum atomic E-state index is 1.04. The quantitative estimate of drug-likeness (QED) is 0.585. The van der Waals surface area contributed by atoms with E-state index in [9.17, 15) is 0 Å². The third kappa shape index (κ3) is 14.0. The minimum absolute atomic E-state index is 1.04. The topological polar surface area (TPSA) is 26.0 Å². The third-order valence-corrected chi connectivity index (χ3v) is 3.79. The molecule has 2 fully saturated rings. The summed E-state index contributed by atoms with van der Waals surface area (Å²) in [6, 6.07) is 0. The van der Waals surface area contributed by atoms with Gasteiger partial charge in [0.05, 0.1) is 0 Å². The van der Waals surface area contributed by atoms with Gasteiger partial charge in [0.15, 0.2) is 0 Å². The van der Waals surface area contributed by atoms with Crippen molar-refractivity contribution in [3.63, 3.8) is 0 Å². The lowest BCUT2D eigenvalue weighted by molar-refractivity contribution is 0.385. The van der Waals surface area contributed by atoms with Crippen molar-refractivity contribution in [2.24, 2.45) is 17.6 Å². The zero-order valence-corrected chi connectivity index (χ0v) is 13.8. The standard InChI is InChI=1S/2C7H14.C2H6.CH5N/c2*1-7-5-3-2-4-6-7;2*1-2/h2*7H,2-6H2,1H3;1-2H3;2H2,1H3. The molecule has 0 radical (unpaired) electrons. The fourth-order valence-electron chi connectivity index (χ4n) is 2.61. The fraction of sp³-hybridized carbons (Fsp3) is 1.00. The Labute approximate surface area is 117 Å². The molecule has 0 heterocycles. The lowest BCUT2D eigenvalue weighted by atomic mass is 9.91. The van der Waals surface area contributed by atoms with E-state index >= 15 is 0 Å². The molecule has 2 aliphatic carbocycles. The van der Waals surface area contributed by atoms with Crippen molar-refractivity contribution in [1.82, 2.24) is 0 Å². The average Bonchev–Trinajstić information content (AvgIpc) is 2.46. The maximum absolute atomic E-state index is 4.50. The van der Waals surface area contributed by atoms with E-state index in [4.69, 9.17) is 0 Å². The van der Waals surface area contributed by atoms with Gasteiger partial charge in [0, 0.05) is 0 Å². The van der Waals surface area contributed by atoms with Crippen LogP contribution in [0, 0.1) is 11.8 Å². The molecule has 0 aromatic carbocycles. The van der Waals surface area contributed by atoms with Crippen molar-refractivity contribution in [1.29, 1.82) is 0 Å². The molecule has 2 saturated carbocycles. The van der Waals surface area contributed by atoms with Crippen LogP contribution in [0.3, 0.4) is 0 Å². The molecule has 0 aromatic rings. The Morgan fingerprint density at radius 3 is 0.889 bits per heavy atom. The van der Waals surface area contributed by atoms with Gasteiger partial charge in [0.2, 0.25) is 0 Å². The second kappa shape index (κ2) is 17.0. The second-order valence-electron chi connectivity index (χ2n) is 5.49. The van der Waals surface area contributed by atoms with Crippen LogP contribution in [0.5, 0.6) is 0 Å². The highest BCUT2D eigenvalue weighted by Crippen LogP contribution is 2.22. The van der Waals surface area contributed by atoms with Crippen LogP contribution in [0.4, 0.5) is 0 Å². The van der Waals surface area contributed by atoms with Gasteiger partial charge in [0.25, 0.3) is 0 Å². The molecular weight excluding hydrogens is 218 g/mol. The van der Waals surface area contributed by atoms with Crippen LogP contribution >= 0.6 is 0 Å². The highest BCUT2D eigenvalue weighted by molar-refractivity contribution is 4.60. The number of hydrogen-bond acceptors (Lipinski definition) is 1. The first-order chi connectivity index (χ1) is 8.79. The largest absolute Gasteiger partial charge is 0.333 e. The molecular formula is C17H39N. The van der Waals surface area contributed by atoms with Crippen LogP contribution in [0.1, 0.15) is 91.9 Å². The van der Waals surface area contributed by atoms with Crippen LogP contribution in [0.2, 0.25) is 0 Å². The molecule has 1 heteroatoms. The van der Waals surface area contributed by atoms with Crippen molar-refractivity contribution in [3.8, 4) is 0 Å². The maximum atomic E-state index is 4.50. The van der Waals surface area contributed by atoms with E-state index in [1.54, 1.807) is 0 Å². The van der Waals surface area contributed by atoms with Gasteiger partial charge in [-0.25, -0.2) is 0 Å². The third-order valence-electron chi connectivity index (χ3n) is 3.79. The fourth-order valence-corrected chi connectivity index (χ4v) is 2.61. The van der Waals surface area contributed by atoms with Crippen molar-refractivity contribution in [2.75, 3.05) is 7.05 Å². The van der Waals surface area contributed by atoms with E-state index in [0.29, 0.717) is 0 Å². The van der Waals surface area contributed by atoms with Gasteiger partial charge in [-0.05, 0) is 18.9 Å². The smallest absolute Gasteiger partial charge is 0.0195 e. The SMILES string of the molecule is CC.CC1CCCCC1.CC1CCCCC1.CN. The van der Waals surface area contributed by atoms with Crippen molar-refractivity contribution in [2.45, 2.75) is 91.9 Å². The molecule has 2 aliphatic rings. The maximum Gasteiger partial charge on any atom is -0.0195 e. The van der Waals surface area contributed by atoms with Crippen LogP contribution in [0.15, 0.2) is 0 Å². The molecule has 0 spiro atoms. The summed E-state index contributed by atoms with van der Waals surface area (Å²) in [4.78, 5) is 0. The van der Waals surface area contributed by atoms with Gasteiger partial charge in [-0.3, -0.25) is 0 Å². The first-order valence-electron chi connectivity index (χ1n) is 8.37. The van der Waals surface area contributed by atoms with Gasteiger partial charge in [-0.1, -0.05) is 91.9 Å². The molecule has 112 valence electrons. The van der Waals surface area contributed by atoms with E-state index in [1.807, 2.05) is 13.8 Å². The number of hydrogen-bond donors (Lipinski definition) is 1.